The van der Waals surface area contributed by atoms with Crippen LogP contribution in [0.25, 0.3) is 0 Å². The van der Waals surface area contributed by atoms with E-state index in [1.54, 1.807) is 0 Å². The smallest absolute Gasteiger partial charge is 0.226 e. The molecule has 50 valence electrons. The zero-order valence-corrected chi connectivity index (χ0v) is 4.96. The Kier molecular flexibility index (Phi) is 1.37. The molecule has 0 atom stereocenters. The molecule has 3 heteroatoms. The van der Waals surface area contributed by atoms with Crippen LogP contribution >= 0.6 is 0 Å². The van der Waals surface area contributed by atoms with Gasteiger partial charge in [0.05, 0.1) is 0 Å². The number of hydrogen-bond donors (Lipinski definition) is 1. The molecule has 0 aromatic heterocycles. The van der Waals surface area contributed by atoms with E-state index in [2.05, 4.69) is 0 Å². The van der Waals surface area contributed by atoms with Gasteiger partial charge in [-0.1, -0.05) is 0 Å². The van der Waals surface area contributed by atoms with E-state index in [1.165, 1.54) is 0 Å². The second kappa shape index (κ2) is 1.92. The summed E-state index contributed by atoms with van der Waals surface area (Å²) in [4.78, 5) is 20.3. The molecule has 0 bridgehead atoms. The van der Waals surface area contributed by atoms with Crippen LogP contribution in [0, 0.1) is 0 Å². The van der Waals surface area contributed by atoms with Crippen LogP contribution in [0.5, 0.6) is 0 Å². The number of carbonyl (C=O) groups excluding carboxylic acids is 2. The van der Waals surface area contributed by atoms with Gasteiger partial charge in [0.15, 0.2) is 6.29 Å². The normalized spacial score (nSPS) is 22.3. The van der Waals surface area contributed by atoms with Crippen molar-refractivity contribution in [3.63, 3.8) is 0 Å². The molecule has 0 aromatic carbocycles. The van der Waals surface area contributed by atoms with Crippen molar-refractivity contribution < 1.29 is 14.7 Å². The summed E-state index contributed by atoms with van der Waals surface area (Å²) in [6.07, 6.45) is 1.93. The van der Waals surface area contributed by atoms with Crippen LogP contribution in [0.4, 0.5) is 0 Å². The van der Waals surface area contributed by atoms with Crippen molar-refractivity contribution in [3.05, 3.63) is 0 Å². The topological polar surface area (TPSA) is 54.4 Å². The molecular formula is C6H8O3. The summed E-state index contributed by atoms with van der Waals surface area (Å²) in [5.74, 6) is -0.672. The highest BCUT2D eigenvalue weighted by Crippen LogP contribution is 2.31. The molecule has 0 spiro atoms. The standard InChI is InChI=1S/C6H8O3/c7-4-5(8)6(9)2-1-3-6/h4,9H,1-3H2. The van der Waals surface area contributed by atoms with Gasteiger partial charge in [-0.15, -0.1) is 0 Å². The highest BCUT2D eigenvalue weighted by molar-refractivity contribution is 6.29. The van der Waals surface area contributed by atoms with Crippen molar-refractivity contribution in [2.45, 2.75) is 24.9 Å². The van der Waals surface area contributed by atoms with Crippen LogP contribution in [0.1, 0.15) is 19.3 Å². The third kappa shape index (κ3) is 0.876. The number of aldehydes is 1. The minimum atomic E-state index is -1.28. The molecule has 0 unspecified atom stereocenters. The monoisotopic (exact) mass is 128 g/mol. The Balaban J connectivity index is 2.58. The molecule has 0 aromatic rings. The highest BCUT2D eigenvalue weighted by Gasteiger charge is 2.41. The van der Waals surface area contributed by atoms with Crippen molar-refractivity contribution in [3.8, 4) is 0 Å². The van der Waals surface area contributed by atoms with Gasteiger partial charge in [-0.3, -0.25) is 9.59 Å². The molecule has 1 N–H and O–H groups in total. The molecule has 0 radical (unpaired) electrons. The van der Waals surface area contributed by atoms with Gasteiger partial charge in [-0.2, -0.15) is 0 Å². The van der Waals surface area contributed by atoms with Crippen molar-refractivity contribution in [1.82, 2.24) is 0 Å². The fraction of sp³-hybridized carbons (Fsp3) is 0.667. The molecule has 3 nitrogen and oxygen atoms in total. The first-order valence-corrected chi connectivity index (χ1v) is 2.91. The predicted octanol–water partition coefficient (Wildman–Crippen LogP) is -0.331. The van der Waals surface area contributed by atoms with Crippen LogP contribution < -0.4 is 0 Å². The van der Waals surface area contributed by atoms with E-state index in [4.69, 9.17) is 5.11 Å². The lowest BCUT2D eigenvalue weighted by Gasteiger charge is -2.32. The molecule has 0 aliphatic heterocycles. The Morgan fingerprint density at radius 3 is 2.22 bits per heavy atom. The third-order valence-corrected chi connectivity index (χ3v) is 1.75. The summed E-state index contributed by atoms with van der Waals surface area (Å²) >= 11 is 0. The summed E-state index contributed by atoms with van der Waals surface area (Å²) in [7, 11) is 0. The number of ketones is 1. The second-order valence-electron chi connectivity index (χ2n) is 2.37. The largest absolute Gasteiger partial charge is 0.382 e. The maximum absolute atomic E-state index is 10.5. The maximum Gasteiger partial charge on any atom is 0.226 e. The molecule has 0 heterocycles. The van der Waals surface area contributed by atoms with E-state index in [0.717, 1.165) is 6.42 Å². The number of aliphatic hydroxyl groups is 1. The Morgan fingerprint density at radius 2 is 2.11 bits per heavy atom. The fourth-order valence-electron chi connectivity index (χ4n) is 0.868. The van der Waals surface area contributed by atoms with Crippen LogP contribution in [-0.2, 0) is 9.59 Å². The first-order valence-electron chi connectivity index (χ1n) is 2.91. The van der Waals surface area contributed by atoms with Gasteiger partial charge in [0.25, 0.3) is 0 Å². The zero-order valence-electron chi connectivity index (χ0n) is 4.96. The van der Waals surface area contributed by atoms with Gasteiger partial charge >= 0.3 is 0 Å². The lowest BCUT2D eigenvalue weighted by Crippen LogP contribution is -2.45. The average Bonchev–Trinajstić information content (AvgIpc) is 1.81. The summed E-state index contributed by atoms with van der Waals surface area (Å²) in [6.45, 7) is 0. The summed E-state index contributed by atoms with van der Waals surface area (Å²) in [5.41, 5.74) is -1.28. The molecule has 0 amide bonds. The summed E-state index contributed by atoms with van der Waals surface area (Å²) < 4.78 is 0. The zero-order chi connectivity index (χ0) is 6.91. The number of Topliss-reactive ketones (excluding diaryl/α,β-unsaturated/α-hetero) is 1. The summed E-state index contributed by atoms with van der Waals surface area (Å²) in [5, 5.41) is 9.10. The van der Waals surface area contributed by atoms with Gasteiger partial charge in [0.2, 0.25) is 5.78 Å². The highest BCUT2D eigenvalue weighted by atomic mass is 16.3. The van der Waals surface area contributed by atoms with E-state index in [-0.39, 0.29) is 6.29 Å². The lowest BCUT2D eigenvalue weighted by molar-refractivity contribution is -0.150. The minimum absolute atomic E-state index is 0.194. The Morgan fingerprint density at radius 1 is 1.56 bits per heavy atom. The molecule has 9 heavy (non-hydrogen) atoms. The van der Waals surface area contributed by atoms with Gasteiger partial charge in [-0.25, -0.2) is 0 Å². The summed E-state index contributed by atoms with van der Waals surface area (Å²) in [6, 6.07) is 0. The molecule has 1 rings (SSSR count). The number of hydrogen-bond acceptors (Lipinski definition) is 3. The maximum atomic E-state index is 10.5. The Bertz CT molecular complexity index is 146. The number of rotatable bonds is 2. The predicted molar refractivity (Wildman–Crippen MR) is 29.9 cm³/mol. The Hall–Kier alpha value is -0.700. The van der Waals surface area contributed by atoms with Gasteiger partial charge < -0.3 is 5.11 Å². The van der Waals surface area contributed by atoms with Crippen LogP contribution in [-0.4, -0.2) is 22.8 Å². The first kappa shape index (κ1) is 6.42. The minimum Gasteiger partial charge on any atom is -0.382 e. The molecule has 1 fully saturated rings. The lowest BCUT2D eigenvalue weighted by atomic mass is 9.77. The molecular weight excluding hydrogens is 120 g/mol. The van der Waals surface area contributed by atoms with Gasteiger partial charge in [-0.05, 0) is 19.3 Å². The van der Waals surface area contributed by atoms with Crippen molar-refractivity contribution in [2.75, 3.05) is 0 Å². The van der Waals surface area contributed by atoms with E-state index in [1.807, 2.05) is 0 Å². The molecule has 1 aliphatic carbocycles. The molecule has 1 saturated carbocycles. The Labute approximate surface area is 52.7 Å². The van der Waals surface area contributed by atoms with Crippen LogP contribution in [0.15, 0.2) is 0 Å². The van der Waals surface area contributed by atoms with E-state index in [0.29, 0.717) is 12.8 Å². The van der Waals surface area contributed by atoms with E-state index in [9.17, 15) is 9.59 Å². The number of carbonyl (C=O) groups is 2. The van der Waals surface area contributed by atoms with Crippen molar-refractivity contribution in [2.24, 2.45) is 0 Å². The second-order valence-corrected chi connectivity index (χ2v) is 2.37. The van der Waals surface area contributed by atoms with Crippen LogP contribution in [0.3, 0.4) is 0 Å². The van der Waals surface area contributed by atoms with Crippen molar-refractivity contribution >= 4 is 12.1 Å². The quantitative estimate of drug-likeness (QED) is 0.409. The first-order chi connectivity index (χ1) is 4.19. The SMILES string of the molecule is O=CC(=O)C1(O)CCC1. The van der Waals surface area contributed by atoms with E-state index >= 15 is 0 Å². The molecule has 0 saturated heterocycles. The van der Waals surface area contributed by atoms with Crippen LogP contribution in [0.2, 0.25) is 0 Å². The fourth-order valence-corrected chi connectivity index (χ4v) is 0.868. The van der Waals surface area contributed by atoms with Gasteiger partial charge in [0, 0.05) is 0 Å². The van der Waals surface area contributed by atoms with Gasteiger partial charge in [0.1, 0.15) is 5.60 Å². The van der Waals surface area contributed by atoms with E-state index < -0.39 is 11.4 Å². The third-order valence-electron chi connectivity index (χ3n) is 1.75. The molecule has 1 aliphatic rings. The average molecular weight is 128 g/mol. The van der Waals surface area contributed by atoms with Crippen molar-refractivity contribution in [1.29, 1.82) is 0 Å².